The van der Waals surface area contributed by atoms with Crippen LogP contribution in [0.3, 0.4) is 0 Å². The van der Waals surface area contributed by atoms with Crippen molar-refractivity contribution in [3.05, 3.63) is 36.2 Å². The van der Waals surface area contributed by atoms with Crippen LogP contribution in [-0.4, -0.2) is 34.0 Å². The molecule has 0 saturated heterocycles. The first-order valence-electron chi connectivity index (χ1n) is 7.18. The van der Waals surface area contributed by atoms with Crippen LogP contribution in [0.25, 0.3) is 16.6 Å². The van der Waals surface area contributed by atoms with Crippen molar-refractivity contribution in [3.8, 4) is 0 Å². The highest BCUT2D eigenvalue weighted by molar-refractivity contribution is 5.91. The van der Waals surface area contributed by atoms with Gasteiger partial charge in [0.05, 0.1) is 0 Å². The number of hydrogen-bond donors (Lipinski definition) is 1. The third kappa shape index (κ3) is 1.98. The molecule has 0 bridgehead atoms. The third-order valence-electron chi connectivity index (χ3n) is 4.24. The van der Waals surface area contributed by atoms with Crippen LogP contribution in [0.1, 0.15) is 25.3 Å². The predicted octanol–water partition coefficient (Wildman–Crippen LogP) is 3.06. The Balaban J connectivity index is 1.74. The van der Waals surface area contributed by atoms with Crippen molar-refractivity contribution in [1.82, 2.24) is 14.9 Å². The summed E-state index contributed by atoms with van der Waals surface area (Å²) in [7, 11) is 0. The number of rotatable bonds is 2. The fraction of sp³-hybridized carbons (Fsp3) is 0.438. The van der Waals surface area contributed by atoms with E-state index in [0.717, 1.165) is 18.2 Å². The summed E-state index contributed by atoms with van der Waals surface area (Å²) >= 11 is 0. The van der Waals surface area contributed by atoms with Gasteiger partial charge >= 0.3 is 0 Å². The number of H-pyrrole nitrogens is 1. The van der Waals surface area contributed by atoms with Crippen LogP contribution in [0.4, 0.5) is 0 Å². The lowest BCUT2D eigenvalue weighted by molar-refractivity contribution is 0.262. The molecule has 3 nitrogen and oxygen atoms in total. The molecule has 2 aromatic rings. The van der Waals surface area contributed by atoms with E-state index in [2.05, 4.69) is 40.1 Å². The van der Waals surface area contributed by atoms with Gasteiger partial charge in [-0.3, -0.25) is 4.90 Å². The van der Waals surface area contributed by atoms with E-state index in [1.807, 2.05) is 12.3 Å². The lowest BCUT2D eigenvalue weighted by Gasteiger charge is -2.30. The molecule has 1 saturated carbocycles. The van der Waals surface area contributed by atoms with Gasteiger partial charge in [-0.1, -0.05) is 13.0 Å². The maximum atomic E-state index is 4.39. The van der Waals surface area contributed by atoms with Crippen LogP contribution in [-0.2, 0) is 0 Å². The molecule has 1 N–H and O–H groups in total. The van der Waals surface area contributed by atoms with Gasteiger partial charge < -0.3 is 4.98 Å². The van der Waals surface area contributed by atoms with Crippen LogP contribution in [0, 0.1) is 5.92 Å². The zero-order valence-corrected chi connectivity index (χ0v) is 11.3. The fourth-order valence-corrected chi connectivity index (χ4v) is 3.22. The molecule has 1 fully saturated rings. The predicted molar refractivity (Wildman–Crippen MR) is 77.8 cm³/mol. The fourth-order valence-electron chi connectivity index (χ4n) is 3.22. The van der Waals surface area contributed by atoms with Gasteiger partial charge in [-0.25, -0.2) is 4.98 Å². The minimum absolute atomic E-state index is 0.644. The Bertz CT molecular complexity index is 636. The first kappa shape index (κ1) is 11.2. The standard InChI is InChI=1S/C16H19N3/c1-11-7-12(10-19(9-11)13-4-5-13)15-8-18-16-14(15)3-2-6-17-16/h2-3,6-8,11,13H,4-5,9-10H2,1H3,(H,17,18)/t11-/m0/s1. The van der Waals surface area contributed by atoms with Gasteiger partial charge in [-0.2, -0.15) is 0 Å². The molecule has 2 aliphatic rings. The van der Waals surface area contributed by atoms with Crippen molar-refractivity contribution in [2.45, 2.75) is 25.8 Å². The SMILES string of the molecule is C[C@H]1C=C(c2c[nH]c3ncccc23)CN(C2CC2)C1. The summed E-state index contributed by atoms with van der Waals surface area (Å²) in [6.07, 6.45) is 9.17. The molecule has 19 heavy (non-hydrogen) atoms. The molecular weight excluding hydrogens is 234 g/mol. The summed E-state index contributed by atoms with van der Waals surface area (Å²) < 4.78 is 0. The molecule has 0 amide bonds. The minimum atomic E-state index is 0.644. The van der Waals surface area contributed by atoms with E-state index in [0.29, 0.717) is 5.92 Å². The van der Waals surface area contributed by atoms with Gasteiger partial charge in [0.2, 0.25) is 0 Å². The monoisotopic (exact) mass is 253 g/mol. The van der Waals surface area contributed by atoms with E-state index < -0.39 is 0 Å². The smallest absolute Gasteiger partial charge is 0.137 e. The highest BCUT2D eigenvalue weighted by Gasteiger charge is 2.32. The first-order chi connectivity index (χ1) is 9.31. The number of aromatic nitrogens is 2. The summed E-state index contributed by atoms with van der Waals surface area (Å²) in [4.78, 5) is 10.3. The Kier molecular flexibility index (Phi) is 2.49. The van der Waals surface area contributed by atoms with Gasteiger partial charge in [0.1, 0.15) is 5.65 Å². The Morgan fingerprint density at radius 1 is 1.37 bits per heavy atom. The molecule has 0 unspecified atom stereocenters. The second-order valence-electron chi connectivity index (χ2n) is 5.93. The maximum absolute atomic E-state index is 4.39. The van der Waals surface area contributed by atoms with Gasteiger partial charge in [0.25, 0.3) is 0 Å². The van der Waals surface area contributed by atoms with E-state index in [1.165, 1.54) is 35.9 Å². The Morgan fingerprint density at radius 3 is 3.11 bits per heavy atom. The quantitative estimate of drug-likeness (QED) is 0.892. The Hall–Kier alpha value is -1.61. The summed E-state index contributed by atoms with van der Waals surface area (Å²) in [6.45, 7) is 4.63. The molecule has 0 spiro atoms. The van der Waals surface area contributed by atoms with Crippen LogP contribution in [0.5, 0.6) is 0 Å². The molecule has 1 atom stereocenters. The van der Waals surface area contributed by atoms with Crippen molar-refractivity contribution < 1.29 is 0 Å². The van der Waals surface area contributed by atoms with Gasteiger partial charge in [-0.15, -0.1) is 0 Å². The van der Waals surface area contributed by atoms with E-state index in [-0.39, 0.29) is 0 Å². The van der Waals surface area contributed by atoms with E-state index >= 15 is 0 Å². The van der Waals surface area contributed by atoms with Crippen molar-refractivity contribution >= 4 is 16.6 Å². The number of nitrogens with one attached hydrogen (secondary N) is 1. The summed E-state index contributed by atoms with van der Waals surface area (Å²) in [5.41, 5.74) is 3.79. The third-order valence-corrected chi connectivity index (χ3v) is 4.24. The van der Waals surface area contributed by atoms with Crippen molar-refractivity contribution in [1.29, 1.82) is 0 Å². The van der Waals surface area contributed by atoms with Crippen LogP contribution in [0.15, 0.2) is 30.6 Å². The first-order valence-corrected chi connectivity index (χ1v) is 7.18. The molecule has 3 heteroatoms. The molecule has 2 aromatic heterocycles. The topological polar surface area (TPSA) is 31.9 Å². The largest absolute Gasteiger partial charge is 0.346 e. The van der Waals surface area contributed by atoms with E-state index in [4.69, 9.17) is 0 Å². The van der Waals surface area contributed by atoms with Crippen molar-refractivity contribution in [2.24, 2.45) is 5.92 Å². The number of nitrogens with zero attached hydrogens (tertiary/aromatic N) is 2. The highest BCUT2D eigenvalue weighted by atomic mass is 15.2. The summed E-state index contributed by atoms with van der Waals surface area (Å²) in [5.74, 6) is 0.644. The number of aromatic amines is 1. The number of fused-ring (bicyclic) bond motifs is 1. The molecule has 0 aromatic carbocycles. The summed E-state index contributed by atoms with van der Waals surface area (Å²) in [5, 5.41) is 1.25. The lowest BCUT2D eigenvalue weighted by Crippen LogP contribution is -2.35. The Morgan fingerprint density at radius 2 is 2.26 bits per heavy atom. The van der Waals surface area contributed by atoms with Crippen molar-refractivity contribution in [2.75, 3.05) is 13.1 Å². The van der Waals surface area contributed by atoms with E-state index in [1.54, 1.807) is 0 Å². The molecule has 4 rings (SSSR count). The van der Waals surface area contributed by atoms with Gasteiger partial charge in [0, 0.05) is 42.5 Å². The van der Waals surface area contributed by atoms with Crippen LogP contribution < -0.4 is 0 Å². The lowest BCUT2D eigenvalue weighted by atomic mass is 9.96. The molecule has 98 valence electrons. The number of pyridine rings is 1. The van der Waals surface area contributed by atoms with Gasteiger partial charge in [-0.05, 0) is 36.5 Å². The Labute approximate surface area is 113 Å². The van der Waals surface area contributed by atoms with Crippen LogP contribution >= 0.6 is 0 Å². The normalized spacial score (nSPS) is 24.7. The van der Waals surface area contributed by atoms with Crippen LogP contribution in [0.2, 0.25) is 0 Å². The summed E-state index contributed by atoms with van der Waals surface area (Å²) in [6, 6.07) is 5.02. The highest BCUT2D eigenvalue weighted by Crippen LogP contribution is 2.34. The molecule has 1 aliphatic heterocycles. The van der Waals surface area contributed by atoms with Gasteiger partial charge in [0.15, 0.2) is 0 Å². The average Bonchev–Trinajstić information content (AvgIpc) is 3.18. The zero-order chi connectivity index (χ0) is 12.8. The molecule has 3 heterocycles. The molecule has 0 radical (unpaired) electrons. The van der Waals surface area contributed by atoms with Crippen molar-refractivity contribution in [3.63, 3.8) is 0 Å². The maximum Gasteiger partial charge on any atom is 0.137 e. The zero-order valence-electron chi connectivity index (χ0n) is 11.3. The minimum Gasteiger partial charge on any atom is -0.346 e. The average molecular weight is 253 g/mol. The molecule has 1 aliphatic carbocycles. The van der Waals surface area contributed by atoms with E-state index in [9.17, 15) is 0 Å². The number of hydrogen-bond acceptors (Lipinski definition) is 2. The molecular formula is C16H19N3. The second kappa shape index (κ2) is 4.20. The second-order valence-corrected chi connectivity index (χ2v) is 5.93.